The van der Waals surface area contributed by atoms with E-state index < -0.39 is 23.5 Å². The second kappa shape index (κ2) is 9.73. The minimum Gasteiger partial charge on any atom is -0.478 e. The summed E-state index contributed by atoms with van der Waals surface area (Å²) < 4.78 is 0. The summed E-state index contributed by atoms with van der Waals surface area (Å²) in [6.07, 6.45) is 0. The molecule has 0 saturated carbocycles. The fourth-order valence-electron chi connectivity index (χ4n) is 4.25. The van der Waals surface area contributed by atoms with E-state index in [4.69, 9.17) is 11.5 Å². The number of ketones is 2. The Morgan fingerprint density at radius 2 is 0.921 bits per heavy atom. The molecule has 0 spiro atoms. The van der Waals surface area contributed by atoms with Gasteiger partial charge in [0.1, 0.15) is 0 Å². The first-order valence-electron chi connectivity index (χ1n) is 11.1. The molecule has 4 aromatic rings. The number of anilines is 2. The number of nitrogen functional groups attached to an aromatic ring is 2. The molecule has 0 amide bonds. The highest BCUT2D eigenvalue weighted by Gasteiger charge is 2.36. The fourth-order valence-corrected chi connectivity index (χ4v) is 6.59. The number of carboxylic acids is 2. The summed E-state index contributed by atoms with van der Waals surface area (Å²) >= 11 is 1.97. The smallest absolute Gasteiger partial charge is 0.336 e. The minimum atomic E-state index is -1.16. The SMILES string of the molecule is Nc1c(Sc2ccccc2C(=O)O)c(Sc2ccccc2C(=O)O)c(N)c2c1C(=O)c1ccccc1C2=O. The van der Waals surface area contributed by atoms with Gasteiger partial charge in [-0.25, -0.2) is 9.59 Å². The average Bonchev–Trinajstić information content (AvgIpc) is 2.91. The summed E-state index contributed by atoms with van der Waals surface area (Å²) in [6.45, 7) is 0. The third-order valence-corrected chi connectivity index (χ3v) is 8.55. The van der Waals surface area contributed by atoms with Gasteiger partial charge in [0.05, 0.1) is 43.4 Å². The number of carboxylic acid groups (broad SMARTS) is 2. The van der Waals surface area contributed by atoms with E-state index in [0.29, 0.717) is 9.79 Å². The Bertz CT molecular complexity index is 1580. The molecule has 0 bridgehead atoms. The van der Waals surface area contributed by atoms with Gasteiger partial charge in [0.15, 0.2) is 11.6 Å². The highest BCUT2D eigenvalue weighted by Crippen LogP contribution is 2.51. The fraction of sp³-hybridized carbons (Fsp3) is 0. The maximum absolute atomic E-state index is 13.5. The second-order valence-corrected chi connectivity index (χ2v) is 10.4. The number of hydrogen-bond donors (Lipinski definition) is 4. The van der Waals surface area contributed by atoms with Crippen molar-refractivity contribution in [2.45, 2.75) is 19.6 Å². The van der Waals surface area contributed by atoms with Crippen LogP contribution in [-0.4, -0.2) is 33.7 Å². The number of carbonyl (C=O) groups is 4. The van der Waals surface area contributed by atoms with E-state index in [2.05, 4.69) is 0 Å². The lowest BCUT2D eigenvalue weighted by Crippen LogP contribution is -2.24. The highest BCUT2D eigenvalue weighted by atomic mass is 32.2. The zero-order valence-corrected chi connectivity index (χ0v) is 21.1. The number of fused-ring (bicyclic) bond motifs is 2. The van der Waals surface area contributed by atoms with E-state index in [9.17, 15) is 29.4 Å². The van der Waals surface area contributed by atoms with Gasteiger partial charge in [0, 0.05) is 20.9 Å². The van der Waals surface area contributed by atoms with Gasteiger partial charge in [-0.2, -0.15) is 0 Å². The van der Waals surface area contributed by atoms with Crippen LogP contribution in [0, 0.1) is 0 Å². The molecule has 6 N–H and O–H groups in total. The normalized spacial score (nSPS) is 12.1. The molecule has 1 aliphatic carbocycles. The van der Waals surface area contributed by atoms with Crippen molar-refractivity contribution in [3.05, 3.63) is 106 Å². The summed E-state index contributed by atoms with van der Waals surface area (Å²) in [5.41, 5.74) is 13.4. The van der Waals surface area contributed by atoms with Crippen LogP contribution in [0.25, 0.3) is 0 Å². The van der Waals surface area contributed by atoms with Gasteiger partial charge in [-0.1, -0.05) is 72.1 Å². The van der Waals surface area contributed by atoms with Crippen LogP contribution in [-0.2, 0) is 0 Å². The molecule has 0 heterocycles. The maximum Gasteiger partial charge on any atom is 0.336 e. The Hall–Kier alpha value is -4.54. The predicted octanol–water partition coefficient (Wildman–Crippen LogP) is 5.33. The number of hydrogen-bond acceptors (Lipinski definition) is 8. The van der Waals surface area contributed by atoms with Crippen molar-refractivity contribution in [1.82, 2.24) is 0 Å². The van der Waals surface area contributed by atoms with Gasteiger partial charge >= 0.3 is 11.9 Å². The van der Waals surface area contributed by atoms with E-state index in [-0.39, 0.29) is 54.5 Å². The van der Waals surface area contributed by atoms with Crippen LogP contribution in [0.15, 0.2) is 92.4 Å². The van der Waals surface area contributed by atoms with E-state index >= 15 is 0 Å². The summed E-state index contributed by atoms with van der Waals surface area (Å²) in [4.78, 5) is 52.0. The average molecular weight is 543 g/mol. The maximum atomic E-state index is 13.5. The molecule has 0 aliphatic heterocycles. The molecular formula is C28H18N2O6S2. The number of benzene rings is 4. The molecule has 38 heavy (non-hydrogen) atoms. The molecule has 188 valence electrons. The summed E-state index contributed by atoms with van der Waals surface area (Å²) in [7, 11) is 0. The lowest BCUT2D eigenvalue weighted by molar-refractivity contribution is 0.0682. The van der Waals surface area contributed by atoms with Crippen molar-refractivity contribution in [3.63, 3.8) is 0 Å². The standard InChI is InChI=1S/C28H18N2O6S2/c29-21-19-20(24(32)14-8-2-1-7-13(14)23(19)31)22(30)26(38-18-12-6-4-10-16(18)28(35)36)25(21)37-17-11-5-3-9-15(17)27(33)34/h1-12H,29-30H2,(H,33,34)(H,35,36). The molecule has 0 atom stereocenters. The van der Waals surface area contributed by atoms with Crippen LogP contribution < -0.4 is 11.5 Å². The first-order valence-corrected chi connectivity index (χ1v) is 12.8. The van der Waals surface area contributed by atoms with Crippen LogP contribution in [0.2, 0.25) is 0 Å². The topological polar surface area (TPSA) is 161 Å². The molecule has 0 saturated heterocycles. The van der Waals surface area contributed by atoms with Crippen molar-refractivity contribution in [1.29, 1.82) is 0 Å². The molecule has 8 nitrogen and oxygen atoms in total. The zero-order chi connectivity index (χ0) is 27.1. The Balaban J connectivity index is 1.79. The Morgan fingerprint density at radius 3 is 1.29 bits per heavy atom. The van der Waals surface area contributed by atoms with Crippen molar-refractivity contribution < 1.29 is 29.4 Å². The molecule has 0 aromatic heterocycles. The molecule has 0 unspecified atom stereocenters. The van der Waals surface area contributed by atoms with Crippen LogP contribution in [0.4, 0.5) is 11.4 Å². The summed E-state index contributed by atoms with van der Waals surface area (Å²) in [5.74, 6) is -3.28. The van der Waals surface area contributed by atoms with Crippen molar-refractivity contribution >= 4 is 58.4 Å². The number of aromatic carboxylic acids is 2. The Kier molecular flexibility index (Phi) is 6.43. The number of carbonyl (C=O) groups excluding carboxylic acids is 2. The van der Waals surface area contributed by atoms with Gasteiger partial charge in [0.25, 0.3) is 0 Å². The van der Waals surface area contributed by atoms with Gasteiger partial charge < -0.3 is 21.7 Å². The lowest BCUT2D eigenvalue weighted by Gasteiger charge is -2.25. The van der Waals surface area contributed by atoms with E-state index in [1.165, 1.54) is 24.3 Å². The number of nitrogens with two attached hydrogens (primary N) is 2. The van der Waals surface area contributed by atoms with E-state index in [1.54, 1.807) is 48.5 Å². The van der Waals surface area contributed by atoms with Gasteiger partial charge in [-0.3, -0.25) is 9.59 Å². The zero-order valence-electron chi connectivity index (χ0n) is 19.4. The molecule has 1 aliphatic rings. The van der Waals surface area contributed by atoms with Crippen LogP contribution in [0.5, 0.6) is 0 Å². The van der Waals surface area contributed by atoms with Gasteiger partial charge in [0.2, 0.25) is 0 Å². The Labute approximate surface area is 224 Å². The van der Waals surface area contributed by atoms with Crippen LogP contribution in [0.1, 0.15) is 52.6 Å². The quantitative estimate of drug-likeness (QED) is 0.207. The van der Waals surface area contributed by atoms with Gasteiger partial charge in [-0.05, 0) is 24.3 Å². The third-order valence-electron chi connectivity index (χ3n) is 6.01. The van der Waals surface area contributed by atoms with Crippen LogP contribution >= 0.6 is 23.5 Å². The van der Waals surface area contributed by atoms with Crippen molar-refractivity contribution in [3.8, 4) is 0 Å². The summed E-state index contributed by atoms with van der Waals surface area (Å²) in [5, 5.41) is 19.4. The first-order chi connectivity index (χ1) is 18.2. The van der Waals surface area contributed by atoms with E-state index in [1.807, 2.05) is 0 Å². The molecule has 5 rings (SSSR count). The van der Waals surface area contributed by atoms with E-state index in [0.717, 1.165) is 23.5 Å². The first kappa shape index (κ1) is 25.1. The minimum absolute atomic E-state index is 0.00262. The largest absolute Gasteiger partial charge is 0.478 e. The Morgan fingerprint density at radius 1 is 0.579 bits per heavy atom. The molecule has 10 heteroatoms. The van der Waals surface area contributed by atoms with Crippen LogP contribution in [0.3, 0.4) is 0 Å². The van der Waals surface area contributed by atoms with Crippen molar-refractivity contribution in [2.75, 3.05) is 11.5 Å². The lowest BCUT2D eigenvalue weighted by atomic mass is 9.82. The molecule has 4 aromatic carbocycles. The monoisotopic (exact) mass is 542 g/mol. The molecule has 0 fully saturated rings. The highest BCUT2D eigenvalue weighted by molar-refractivity contribution is 8.02. The van der Waals surface area contributed by atoms with Gasteiger partial charge in [-0.15, -0.1) is 0 Å². The third kappa shape index (κ3) is 4.09. The van der Waals surface area contributed by atoms with Crippen molar-refractivity contribution in [2.24, 2.45) is 0 Å². The molecular weight excluding hydrogens is 524 g/mol. The number of rotatable bonds is 6. The summed E-state index contributed by atoms with van der Waals surface area (Å²) in [6, 6.07) is 18.9. The molecule has 0 radical (unpaired) electrons. The predicted molar refractivity (Wildman–Crippen MR) is 144 cm³/mol. The second-order valence-electron chi connectivity index (χ2n) is 8.25.